The summed E-state index contributed by atoms with van der Waals surface area (Å²) in [4.78, 5) is 27.4. The van der Waals surface area contributed by atoms with Crippen LogP contribution in [0.1, 0.15) is 4.88 Å². The number of thiophene rings is 1. The number of benzene rings is 1. The maximum atomic E-state index is 12.5. The number of halogens is 2. The third-order valence-corrected chi connectivity index (χ3v) is 6.13. The van der Waals surface area contributed by atoms with Gasteiger partial charge in [-0.15, -0.1) is 11.3 Å². The fourth-order valence-corrected chi connectivity index (χ4v) is 4.33. The normalized spacial score (nSPS) is 15.9. The van der Waals surface area contributed by atoms with Crippen LogP contribution in [0.15, 0.2) is 40.6 Å². The Bertz CT molecular complexity index is 882. The van der Waals surface area contributed by atoms with Crippen LogP contribution in [0.5, 0.6) is 0 Å². The van der Waals surface area contributed by atoms with Crippen LogP contribution in [0.2, 0.25) is 10.0 Å². The maximum absolute atomic E-state index is 12.5. The highest BCUT2D eigenvalue weighted by Gasteiger charge is 2.33. The third-order valence-electron chi connectivity index (χ3n) is 3.20. The summed E-state index contributed by atoms with van der Waals surface area (Å²) < 4.78 is 0.358. The molecule has 2 aromatic rings. The molecule has 1 fully saturated rings. The van der Waals surface area contributed by atoms with Crippen LogP contribution in [0.3, 0.4) is 0 Å². The van der Waals surface area contributed by atoms with Gasteiger partial charge in [0.1, 0.15) is 10.9 Å². The molecule has 1 aromatic heterocycles. The lowest BCUT2D eigenvalue weighted by Crippen LogP contribution is -2.36. The standard InChI is InChI=1S/C16H10Cl2N2O2S3/c17-11-4-3-9(6-12(11)18)19-14(21)8-20-15(22)13(25-16(20)23)7-10-2-1-5-24-10/h1-7H,8H2,(H,19,21)/b13-7+. The van der Waals surface area contributed by atoms with E-state index >= 15 is 0 Å². The summed E-state index contributed by atoms with van der Waals surface area (Å²) in [7, 11) is 0. The Hall–Kier alpha value is -1.38. The van der Waals surface area contributed by atoms with E-state index in [1.54, 1.807) is 24.3 Å². The highest BCUT2D eigenvalue weighted by molar-refractivity contribution is 8.26. The highest BCUT2D eigenvalue weighted by Crippen LogP contribution is 2.33. The van der Waals surface area contributed by atoms with E-state index in [0.717, 1.165) is 4.88 Å². The molecule has 2 amide bonds. The van der Waals surface area contributed by atoms with Crippen molar-refractivity contribution in [2.75, 3.05) is 11.9 Å². The van der Waals surface area contributed by atoms with E-state index in [-0.39, 0.29) is 18.4 Å². The van der Waals surface area contributed by atoms with E-state index in [1.807, 2.05) is 17.5 Å². The van der Waals surface area contributed by atoms with Crippen molar-refractivity contribution in [2.24, 2.45) is 0 Å². The predicted molar refractivity (Wildman–Crippen MR) is 109 cm³/mol. The van der Waals surface area contributed by atoms with Crippen LogP contribution in [0.25, 0.3) is 6.08 Å². The Labute approximate surface area is 167 Å². The van der Waals surface area contributed by atoms with Gasteiger partial charge in [0, 0.05) is 10.6 Å². The summed E-state index contributed by atoms with van der Waals surface area (Å²) >= 11 is 19.7. The zero-order chi connectivity index (χ0) is 18.0. The van der Waals surface area contributed by atoms with E-state index in [1.165, 1.54) is 28.0 Å². The minimum Gasteiger partial charge on any atom is -0.324 e. The second-order valence-corrected chi connectivity index (χ2v) is 8.43. The summed E-state index contributed by atoms with van der Waals surface area (Å²) in [5, 5.41) is 5.34. The quantitative estimate of drug-likeness (QED) is 0.555. The first-order chi connectivity index (χ1) is 11.9. The van der Waals surface area contributed by atoms with Gasteiger partial charge >= 0.3 is 0 Å². The largest absolute Gasteiger partial charge is 0.324 e. The van der Waals surface area contributed by atoms with Crippen LogP contribution in [-0.2, 0) is 9.59 Å². The minimum absolute atomic E-state index is 0.160. The molecule has 4 nitrogen and oxygen atoms in total. The van der Waals surface area contributed by atoms with Crippen molar-refractivity contribution < 1.29 is 9.59 Å². The molecule has 0 unspecified atom stereocenters. The molecule has 0 bridgehead atoms. The zero-order valence-corrected chi connectivity index (χ0v) is 16.5. The van der Waals surface area contributed by atoms with Gasteiger partial charge in [0.15, 0.2) is 0 Å². The number of thioether (sulfide) groups is 1. The lowest BCUT2D eigenvalue weighted by molar-refractivity contribution is -0.126. The van der Waals surface area contributed by atoms with E-state index in [2.05, 4.69) is 5.32 Å². The zero-order valence-electron chi connectivity index (χ0n) is 12.5. The number of rotatable bonds is 4. The first-order valence-corrected chi connectivity index (χ1v) is 9.84. The molecule has 1 saturated heterocycles. The number of anilines is 1. The summed E-state index contributed by atoms with van der Waals surface area (Å²) in [6.07, 6.45) is 1.78. The molecule has 0 radical (unpaired) electrons. The number of thiocarbonyl (C=S) groups is 1. The summed E-state index contributed by atoms with van der Waals surface area (Å²) in [6.45, 7) is -0.160. The lowest BCUT2D eigenvalue weighted by Gasteiger charge is -2.14. The molecule has 0 saturated carbocycles. The van der Waals surface area contributed by atoms with Crippen molar-refractivity contribution in [2.45, 2.75) is 0 Å². The highest BCUT2D eigenvalue weighted by atomic mass is 35.5. The molecule has 1 aromatic carbocycles. The second-order valence-electron chi connectivity index (χ2n) is 4.96. The van der Waals surface area contributed by atoms with Crippen molar-refractivity contribution in [3.8, 4) is 0 Å². The molecule has 9 heteroatoms. The Kier molecular flexibility index (Phi) is 5.81. The van der Waals surface area contributed by atoms with E-state index in [0.29, 0.717) is 25.0 Å². The van der Waals surface area contributed by atoms with E-state index in [9.17, 15) is 9.59 Å². The van der Waals surface area contributed by atoms with Gasteiger partial charge in [-0.1, -0.05) is 53.2 Å². The number of hydrogen-bond acceptors (Lipinski definition) is 5. The van der Waals surface area contributed by atoms with Gasteiger partial charge in [-0.2, -0.15) is 0 Å². The average molecular weight is 429 g/mol. The Morgan fingerprint density at radius 1 is 1.28 bits per heavy atom. The van der Waals surface area contributed by atoms with Gasteiger partial charge in [0.05, 0.1) is 15.0 Å². The van der Waals surface area contributed by atoms with Crippen LogP contribution < -0.4 is 5.32 Å². The smallest absolute Gasteiger partial charge is 0.266 e. The van der Waals surface area contributed by atoms with E-state index < -0.39 is 0 Å². The molecular weight excluding hydrogens is 419 g/mol. The summed E-state index contributed by atoms with van der Waals surface area (Å²) in [5.41, 5.74) is 0.499. The molecule has 0 atom stereocenters. The van der Waals surface area contributed by atoms with Gasteiger partial charge in [-0.3, -0.25) is 14.5 Å². The molecule has 1 aliphatic rings. The van der Waals surface area contributed by atoms with E-state index in [4.69, 9.17) is 35.4 Å². The van der Waals surface area contributed by atoms with Gasteiger partial charge in [-0.25, -0.2) is 0 Å². The fraction of sp³-hybridized carbons (Fsp3) is 0.0625. The van der Waals surface area contributed by atoms with Crippen LogP contribution in [-0.4, -0.2) is 27.6 Å². The van der Waals surface area contributed by atoms with Crippen molar-refractivity contribution >= 4 is 86.4 Å². The number of nitrogens with one attached hydrogen (secondary N) is 1. The average Bonchev–Trinajstić information content (AvgIpc) is 3.15. The van der Waals surface area contributed by atoms with Crippen molar-refractivity contribution in [1.29, 1.82) is 0 Å². The second kappa shape index (κ2) is 7.88. The number of carbonyl (C=O) groups is 2. The van der Waals surface area contributed by atoms with Crippen LogP contribution >= 0.6 is 58.5 Å². The molecular formula is C16H10Cl2N2O2S3. The number of amides is 2. The molecule has 25 heavy (non-hydrogen) atoms. The molecule has 3 rings (SSSR count). The predicted octanol–water partition coefficient (Wildman–Crippen LogP) is 4.89. The molecule has 0 spiro atoms. The molecule has 1 aliphatic heterocycles. The summed E-state index contributed by atoms with van der Waals surface area (Å²) in [6, 6.07) is 8.58. The van der Waals surface area contributed by atoms with Gasteiger partial charge in [-0.05, 0) is 35.7 Å². The van der Waals surface area contributed by atoms with Crippen molar-refractivity contribution in [3.63, 3.8) is 0 Å². The first-order valence-electron chi connectivity index (χ1n) is 6.98. The first kappa shape index (κ1) is 18.4. The third kappa shape index (κ3) is 4.43. The number of carbonyl (C=O) groups excluding carboxylic acids is 2. The molecule has 0 aliphatic carbocycles. The topological polar surface area (TPSA) is 49.4 Å². The molecule has 1 N–H and O–H groups in total. The van der Waals surface area contributed by atoms with Crippen molar-refractivity contribution in [3.05, 3.63) is 55.5 Å². The Balaban J connectivity index is 1.67. The SMILES string of the molecule is O=C(CN1C(=O)/C(=C\c2cccs2)SC1=S)Nc1ccc(Cl)c(Cl)c1. The molecule has 128 valence electrons. The van der Waals surface area contributed by atoms with Crippen LogP contribution in [0.4, 0.5) is 5.69 Å². The van der Waals surface area contributed by atoms with Gasteiger partial charge in [0.2, 0.25) is 5.91 Å². The minimum atomic E-state index is -0.368. The number of nitrogens with zero attached hydrogens (tertiary/aromatic N) is 1. The lowest BCUT2D eigenvalue weighted by atomic mass is 10.3. The fourth-order valence-electron chi connectivity index (χ4n) is 2.06. The maximum Gasteiger partial charge on any atom is 0.266 e. The van der Waals surface area contributed by atoms with Gasteiger partial charge < -0.3 is 5.32 Å². The van der Waals surface area contributed by atoms with Crippen LogP contribution in [0, 0.1) is 0 Å². The monoisotopic (exact) mass is 428 g/mol. The number of hydrogen-bond donors (Lipinski definition) is 1. The summed E-state index contributed by atoms with van der Waals surface area (Å²) in [5.74, 6) is -0.639. The van der Waals surface area contributed by atoms with Gasteiger partial charge in [0.25, 0.3) is 5.91 Å². The Morgan fingerprint density at radius 3 is 2.76 bits per heavy atom. The van der Waals surface area contributed by atoms with Crippen molar-refractivity contribution in [1.82, 2.24) is 4.90 Å². The molecule has 2 heterocycles. The Morgan fingerprint density at radius 2 is 2.08 bits per heavy atom.